The molecule has 0 aromatic heterocycles. The molecule has 0 aliphatic heterocycles. The van der Waals surface area contributed by atoms with Crippen molar-refractivity contribution in [2.75, 3.05) is 13.1 Å². The molecule has 0 aromatic rings. The summed E-state index contributed by atoms with van der Waals surface area (Å²) in [5, 5.41) is 3.75. The van der Waals surface area contributed by atoms with Crippen LogP contribution >= 0.6 is 0 Å². The number of hydrogen-bond acceptors (Lipinski definition) is 2. The SMILES string of the molecule is CC(C)C(CNC(CN)CC1CCCCC1)C(C)C. The normalized spacial score (nSPS) is 19.6. The first-order valence-electron chi connectivity index (χ1n) is 8.48. The minimum Gasteiger partial charge on any atom is -0.329 e. The maximum atomic E-state index is 5.97. The van der Waals surface area contributed by atoms with E-state index in [9.17, 15) is 0 Å². The molecule has 0 heterocycles. The van der Waals surface area contributed by atoms with E-state index in [1.165, 1.54) is 38.5 Å². The maximum absolute atomic E-state index is 5.97. The van der Waals surface area contributed by atoms with E-state index < -0.39 is 0 Å². The predicted octanol–water partition coefficient (Wildman–Crippen LogP) is 3.80. The Kier molecular flexibility index (Phi) is 8.01. The summed E-state index contributed by atoms with van der Waals surface area (Å²) < 4.78 is 0. The van der Waals surface area contributed by atoms with Gasteiger partial charge in [0.15, 0.2) is 0 Å². The van der Waals surface area contributed by atoms with Crippen LogP contribution in [0.2, 0.25) is 0 Å². The van der Waals surface area contributed by atoms with E-state index in [0.717, 1.165) is 36.8 Å². The molecule has 0 amide bonds. The number of nitrogens with two attached hydrogens (primary N) is 1. The molecule has 0 aromatic carbocycles. The first kappa shape index (κ1) is 17.0. The minimum absolute atomic E-state index is 0.531. The number of nitrogens with one attached hydrogen (secondary N) is 1. The standard InChI is InChI=1S/C17H36N2/c1-13(2)17(14(3)4)12-19-16(11-18)10-15-8-6-5-7-9-15/h13-17,19H,5-12,18H2,1-4H3. The lowest BCUT2D eigenvalue weighted by atomic mass is 9.83. The quantitative estimate of drug-likeness (QED) is 0.702. The van der Waals surface area contributed by atoms with Gasteiger partial charge < -0.3 is 11.1 Å². The summed E-state index contributed by atoms with van der Waals surface area (Å²) in [6.07, 6.45) is 8.45. The highest BCUT2D eigenvalue weighted by molar-refractivity contribution is 4.78. The molecule has 2 heteroatoms. The smallest absolute Gasteiger partial charge is 0.0193 e. The van der Waals surface area contributed by atoms with E-state index in [-0.39, 0.29) is 0 Å². The Morgan fingerprint density at radius 2 is 1.58 bits per heavy atom. The summed E-state index contributed by atoms with van der Waals surface area (Å²) in [6, 6.07) is 0.531. The first-order valence-corrected chi connectivity index (χ1v) is 8.48. The molecule has 1 rings (SSSR count). The summed E-state index contributed by atoms with van der Waals surface area (Å²) in [6.45, 7) is 11.3. The molecule has 1 atom stereocenters. The van der Waals surface area contributed by atoms with E-state index in [4.69, 9.17) is 5.73 Å². The Labute approximate surface area is 120 Å². The molecule has 3 N–H and O–H groups in total. The second-order valence-corrected chi connectivity index (χ2v) is 7.23. The summed E-state index contributed by atoms with van der Waals surface area (Å²) >= 11 is 0. The van der Waals surface area contributed by atoms with Crippen LogP contribution in [0, 0.1) is 23.7 Å². The van der Waals surface area contributed by atoms with Crippen molar-refractivity contribution in [1.82, 2.24) is 5.32 Å². The lowest BCUT2D eigenvalue weighted by Crippen LogP contribution is -2.42. The third-order valence-corrected chi connectivity index (χ3v) is 4.98. The van der Waals surface area contributed by atoms with Gasteiger partial charge in [-0.15, -0.1) is 0 Å². The van der Waals surface area contributed by atoms with Gasteiger partial charge in [0, 0.05) is 12.6 Å². The van der Waals surface area contributed by atoms with Crippen LogP contribution < -0.4 is 11.1 Å². The van der Waals surface area contributed by atoms with Gasteiger partial charge in [0.2, 0.25) is 0 Å². The highest BCUT2D eigenvalue weighted by Gasteiger charge is 2.21. The zero-order valence-corrected chi connectivity index (χ0v) is 13.6. The molecular formula is C17H36N2. The Morgan fingerprint density at radius 3 is 2.05 bits per heavy atom. The second kappa shape index (κ2) is 8.97. The van der Waals surface area contributed by atoms with Crippen LogP contribution in [0.15, 0.2) is 0 Å². The maximum Gasteiger partial charge on any atom is 0.0193 e. The van der Waals surface area contributed by atoms with Gasteiger partial charge in [-0.05, 0) is 36.6 Å². The predicted molar refractivity (Wildman–Crippen MR) is 85.2 cm³/mol. The fraction of sp³-hybridized carbons (Fsp3) is 1.00. The number of rotatable bonds is 8. The summed E-state index contributed by atoms with van der Waals surface area (Å²) in [5.74, 6) is 3.19. The molecule has 0 bridgehead atoms. The highest BCUT2D eigenvalue weighted by atomic mass is 14.9. The molecule has 1 fully saturated rings. The van der Waals surface area contributed by atoms with Gasteiger partial charge >= 0.3 is 0 Å². The average molecular weight is 268 g/mol. The summed E-state index contributed by atoms with van der Waals surface area (Å²) in [5.41, 5.74) is 5.97. The number of hydrogen-bond donors (Lipinski definition) is 2. The van der Waals surface area contributed by atoms with Gasteiger partial charge in [-0.2, -0.15) is 0 Å². The van der Waals surface area contributed by atoms with E-state index >= 15 is 0 Å². The topological polar surface area (TPSA) is 38.0 Å². The molecule has 1 unspecified atom stereocenters. The van der Waals surface area contributed by atoms with Gasteiger partial charge in [-0.1, -0.05) is 59.8 Å². The van der Waals surface area contributed by atoms with Crippen molar-refractivity contribution in [3.8, 4) is 0 Å². The Balaban J connectivity index is 2.34. The summed E-state index contributed by atoms with van der Waals surface area (Å²) in [7, 11) is 0. The molecule has 1 aliphatic carbocycles. The summed E-state index contributed by atoms with van der Waals surface area (Å²) in [4.78, 5) is 0. The molecule has 114 valence electrons. The van der Waals surface area contributed by atoms with Crippen molar-refractivity contribution in [3.63, 3.8) is 0 Å². The molecule has 1 aliphatic rings. The lowest BCUT2D eigenvalue weighted by molar-refractivity contribution is 0.246. The van der Waals surface area contributed by atoms with Crippen molar-refractivity contribution in [2.45, 2.75) is 72.3 Å². The third-order valence-electron chi connectivity index (χ3n) is 4.98. The van der Waals surface area contributed by atoms with Crippen molar-refractivity contribution in [2.24, 2.45) is 29.4 Å². The fourth-order valence-electron chi connectivity index (χ4n) is 3.63. The molecule has 0 spiro atoms. The van der Waals surface area contributed by atoms with Crippen LogP contribution in [0.25, 0.3) is 0 Å². The van der Waals surface area contributed by atoms with Gasteiger partial charge in [0.05, 0.1) is 0 Å². The van der Waals surface area contributed by atoms with Crippen molar-refractivity contribution in [3.05, 3.63) is 0 Å². The van der Waals surface area contributed by atoms with Crippen LogP contribution in [-0.4, -0.2) is 19.1 Å². The molecule has 0 saturated heterocycles. The van der Waals surface area contributed by atoms with Crippen LogP contribution in [0.5, 0.6) is 0 Å². The van der Waals surface area contributed by atoms with Crippen molar-refractivity contribution >= 4 is 0 Å². The Hall–Kier alpha value is -0.0800. The minimum atomic E-state index is 0.531. The molecule has 19 heavy (non-hydrogen) atoms. The monoisotopic (exact) mass is 268 g/mol. The van der Waals surface area contributed by atoms with Crippen LogP contribution in [-0.2, 0) is 0 Å². The Morgan fingerprint density at radius 1 is 1.00 bits per heavy atom. The van der Waals surface area contributed by atoms with Crippen LogP contribution in [0.3, 0.4) is 0 Å². The third kappa shape index (κ3) is 6.27. The second-order valence-electron chi connectivity index (χ2n) is 7.23. The molecule has 1 saturated carbocycles. The zero-order chi connectivity index (χ0) is 14.3. The van der Waals surface area contributed by atoms with Crippen molar-refractivity contribution < 1.29 is 0 Å². The van der Waals surface area contributed by atoms with Crippen LogP contribution in [0.1, 0.15) is 66.2 Å². The van der Waals surface area contributed by atoms with Gasteiger partial charge in [-0.25, -0.2) is 0 Å². The van der Waals surface area contributed by atoms with E-state index in [1.807, 2.05) is 0 Å². The lowest BCUT2D eigenvalue weighted by Gasteiger charge is -2.30. The fourth-order valence-corrected chi connectivity index (χ4v) is 3.63. The van der Waals surface area contributed by atoms with E-state index in [2.05, 4.69) is 33.0 Å². The van der Waals surface area contributed by atoms with Gasteiger partial charge in [0.1, 0.15) is 0 Å². The van der Waals surface area contributed by atoms with E-state index in [0.29, 0.717) is 6.04 Å². The molecule has 0 radical (unpaired) electrons. The van der Waals surface area contributed by atoms with Crippen molar-refractivity contribution in [1.29, 1.82) is 0 Å². The Bertz CT molecular complexity index is 211. The largest absolute Gasteiger partial charge is 0.329 e. The highest BCUT2D eigenvalue weighted by Crippen LogP contribution is 2.27. The first-order chi connectivity index (χ1) is 9.04. The zero-order valence-electron chi connectivity index (χ0n) is 13.6. The van der Waals surface area contributed by atoms with Gasteiger partial charge in [0.25, 0.3) is 0 Å². The van der Waals surface area contributed by atoms with Crippen LogP contribution in [0.4, 0.5) is 0 Å². The molecular weight excluding hydrogens is 232 g/mol. The average Bonchev–Trinajstić information content (AvgIpc) is 2.38. The van der Waals surface area contributed by atoms with Gasteiger partial charge in [-0.3, -0.25) is 0 Å². The van der Waals surface area contributed by atoms with E-state index in [1.54, 1.807) is 0 Å². The molecule has 2 nitrogen and oxygen atoms in total.